The van der Waals surface area contributed by atoms with Gasteiger partial charge in [-0.25, -0.2) is 4.98 Å². The number of aryl methyl sites for hydroxylation is 1. The zero-order chi connectivity index (χ0) is 24.4. The Morgan fingerprint density at radius 3 is 2.49 bits per heavy atom. The number of aromatic nitrogens is 2. The first kappa shape index (κ1) is 22.9. The summed E-state index contributed by atoms with van der Waals surface area (Å²) >= 11 is 0. The van der Waals surface area contributed by atoms with Gasteiger partial charge in [0.25, 0.3) is 5.91 Å². The summed E-state index contributed by atoms with van der Waals surface area (Å²) in [5.74, 6) is 1.69. The molecule has 2 heterocycles. The number of methoxy groups -OCH3 is 1. The molecule has 1 N–H and O–H groups in total. The summed E-state index contributed by atoms with van der Waals surface area (Å²) in [6, 6.07) is 19.5. The minimum absolute atomic E-state index is 0.00479. The molecule has 0 aliphatic carbocycles. The molecular formula is C28H30N4O3. The van der Waals surface area contributed by atoms with Gasteiger partial charge in [-0.05, 0) is 49.4 Å². The fraction of sp³-hybridized carbons (Fsp3) is 0.321. The van der Waals surface area contributed by atoms with Crippen molar-refractivity contribution in [2.45, 2.75) is 26.3 Å². The third-order valence-electron chi connectivity index (χ3n) is 6.97. The van der Waals surface area contributed by atoms with Gasteiger partial charge in [0.15, 0.2) is 0 Å². The van der Waals surface area contributed by atoms with Crippen molar-refractivity contribution in [3.63, 3.8) is 0 Å². The Hall–Kier alpha value is -3.87. The summed E-state index contributed by atoms with van der Waals surface area (Å²) in [7, 11) is 1.64. The Balaban J connectivity index is 1.17. The number of hydrogen-bond donors (Lipinski definition) is 1. The fourth-order valence-electron chi connectivity index (χ4n) is 5.06. The van der Waals surface area contributed by atoms with Crippen molar-refractivity contribution in [3.05, 3.63) is 72.1 Å². The van der Waals surface area contributed by atoms with Gasteiger partial charge in [0.2, 0.25) is 5.91 Å². The number of carbonyl (C=O) groups is 2. The Morgan fingerprint density at radius 2 is 1.71 bits per heavy atom. The smallest absolute Gasteiger partial charge is 0.254 e. The Bertz CT molecular complexity index is 1390. The van der Waals surface area contributed by atoms with Gasteiger partial charge in [0, 0.05) is 43.0 Å². The summed E-state index contributed by atoms with van der Waals surface area (Å²) in [5, 5.41) is 4.91. The van der Waals surface area contributed by atoms with Crippen molar-refractivity contribution in [2.24, 2.45) is 5.92 Å². The third kappa shape index (κ3) is 4.46. The standard InChI is InChI=1S/C28H30N4O3/c1-19-30-24-9-5-6-10-25(24)32(19)18-15-29-27(33)20-13-16-31(17-14-20)28(34)23-11-12-26(35-2)22-8-4-3-7-21(22)23/h3-12,20H,13-18H2,1-2H3,(H,29,33). The highest BCUT2D eigenvalue weighted by atomic mass is 16.5. The van der Waals surface area contributed by atoms with E-state index in [4.69, 9.17) is 4.74 Å². The second kappa shape index (κ2) is 9.78. The number of ether oxygens (including phenoxy) is 1. The molecule has 1 aliphatic rings. The van der Waals surface area contributed by atoms with E-state index in [1.807, 2.05) is 66.4 Å². The number of amides is 2. The number of benzene rings is 3. The monoisotopic (exact) mass is 470 g/mol. The predicted octanol–water partition coefficient (Wildman–Crippen LogP) is 4.18. The lowest BCUT2D eigenvalue weighted by atomic mass is 9.94. The molecule has 7 heteroatoms. The zero-order valence-corrected chi connectivity index (χ0v) is 20.2. The van der Waals surface area contributed by atoms with E-state index in [1.165, 1.54) is 0 Å². The maximum Gasteiger partial charge on any atom is 0.254 e. The third-order valence-corrected chi connectivity index (χ3v) is 6.97. The van der Waals surface area contributed by atoms with E-state index < -0.39 is 0 Å². The average Bonchev–Trinajstić information content (AvgIpc) is 3.22. The highest BCUT2D eigenvalue weighted by molar-refractivity contribution is 6.08. The van der Waals surface area contributed by atoms with Gasteiger partial charge in [0.1, 0.15) is 11.6 Å². The van der Waals surface area contributed by atoms with E-state index in [1.54, 1.807) is 7.11 Å². The molecule has 0 saturated carbocycles. The van der Waals surface area contributed by atoms with Crippen LogP contribution in [0.5, 0.6) is 5.75 Å². The minimum atomic E-state index is -0.0766. The van der Waals surface area contributed by atoms with Crippen LogP contribution in [0.1, 0.15) is 29.0 Å². The van der Waals surface area contributed by atoms with E-state index in [0.29, 0.717) is 44.6 Å². The lowest BCUT2D eigenvalue weighted by Crippen LogP contribution is -2.43. The first-order valence-electron chi connectivity index (χ1n) is 12.1. The molecule has 0 unspecified atom stereocenters. The van der Waals surface area contributed by atoms with Crippen molar-refractivity contribution < 1.29 is 14.3 Å². The van der Waals surface area contributed by atoms with Crippen molar-refractivity contribution in [1.29, 1.82) is 0 Å². The number of nitrogens with one attached hydrogen (secondary N) is 1. The number of piperidine rings is 1. The number of fused-ring (bicyclic) bond motifs is 2. The molecule has 0 radical (unpaired) electrons. The molecule has 1 fully saturated rings. The maximum absolute atomic E-state index is 13.3. The molecule has 1 aliphatic heterocycles. The Morgan fingerprint density at radius 1 is 1.00 bits per heavy atom. The maximum atomic E-state index is 13.3. The van der Waals surface area contributed by atoms with Crippen LogP contribution in [0, 0.1) is 12.8 Å². The molecule has 35 heavy (non-hydrogen) atoms. The molecule has 4 aromatic rings. The largest absolute Gasteiger partial charge is 0.496 e. The fourth-order valence-corrected chi connectivity index (χ4v) is 5.06. The number of para-hydroxylation sites is 2. The molecular weight excluding hydrogens is 440 g/mol. The van der Waals surface area contributed by atoms with Crippen LogP contribution in [0.3, 0.4) is 0 Å². The van der Waals surface area contributed by atoms with E-state index in [-0.39, 0.29) is 17.7 Å². The first-order chi connectivity index (χ1) is 17.1. The van der Waals surface area contributed by atoms with Gasteiger partial charge in [-0.3, -0.25) is 9.59 Å². The SMILES string of the molecule is COc1ccc(C(=O)N2CCC(C(=O)NCCn3c(C)nc4ccccc43)CC2)c2ccccc12. The van der Waals surface area contributed by atoms with Gasteiger partial charge in [0.05, 0.1) is 18.1 Å². The summed E-state index contributed by atoms with van der Waals surface area (Å²) in [6.45, 7) is 4.36. The predicted molar refractivity (Wildman–Crippen MR) is 137 cm³/mol. The van der Waals surface area contributed by atoms with E-state index in [2.05, 4.69) is 20.9 Å². The zero-order valence-electron chi connectivity index (χ0n) is 20.2. The van der Waals surface area contributed by atoms with E-state index >= 15 is 0 Å². The second-order valence-corrected chi connectivity index (χ2v) is 9.02. The molecule has 180 valence electrons. The molecule has 0 bridgehead atoms. The van der Waals surface area contributed by atoms with Crippen LogP contribution < -0.4 is 10.1 Å². The number of rotatable bonds is 6. The van der Waals surface area contributed by atoms with Gasteiger partial charge < -0.3 is 19.5 Å². The highest BCUT2D eigenvalue weighted by Crippen LogP contribution is 2.30. The molecule has 5 rings (SSSR count). The molecule has 7 nitrogen and oxygen atoms in total. The van der Waals surface area contributed by atoms with Crippen LogP contribution >= 0.6 is 0 Å². The summed E-state index contributed by atoms with van der Waals surface area (Å²) in [4.78, 5) is 32.6. The number of carbonyl (C=O) groups excluding carboxylic acids is 2. The minimum Gasteiger partial charge on any atom is -0.496 e. The van der Waals surface area contributed by atoms with Gasteiger partial charge >= 0.3 is 0 Å². The number of hydrogen-bond acceptors (Lipinski definition) is 4. The van der Waals surface area contributed by atoms with E-state index in [9.17, 15) is 9.59 Å². The molecule has 0 spiro atoms. The average molecular weight is 471 g/mol. The quantitative estimate of drug-likeness (QED) is 0.459. The van der Waals surface area contributed by atoms with Crippen LogP contribution in [0.4, 0.5) is 0 Å². The van der Waals surface area contributed by atoms with Crippen LogP contribution in [-0.4, -0.2) is 53.0 Å². The lowest BCUT2D eigenvalue weighted by molar-refractivity contribution is -0.126. The normalized spacial score (nSPS) is 14.4. The number of likely N-dealkylation sites (tertiary alicyclic amines) is 1. The number of imidazole rings is 1. The van der Waals surface area contributed by atoms with E-state index in [0.717, 1.165) is 33.4 Å². The molecule has 3 aromatic carbocycles. The lowest BCUT2D eigenvalue weighted by Gasteiger charge is -2.31. The van der Waals surface area contributed by atoms with Crippen LogP contribution in [0.25, 0.3) is 21.8 Å². The first-order valence-corrected chi connectivity index (χ1v) is 12.1. The summed E-state index contributed by atoms with van der Waals surface area (Å²) in [5.41, 5.74) is 2.72. The molecule has 0 atom stereocenters. The van der Waals surface area contributed by atoms with Crippen LogP contribution in [0.15, 0.2) is 60.7 Å². The van der Waals surface area contributed by atoms with Crippen molar-refractivity contribution in [2.75, 3.05) is 26.7 Å². The van der Waals surface area contributed by atoms with Crippen molar-refractivity contribution in [3.8, 4) is 5.75 Å². The second-order valence-electron chi connectivity index (χ2n) is 9.02. The van der Waals surface area contributed by atoms with Gasteiger partial charge in [-0.2, -0.15) is 0 Å². The topological polar surface area (TPSA) is 76.5 Å². The van der Waals surface area contributed by atoms with Crippen LogP contribution in [-0.2, 0) is 11.3 Å². The summed E-state index contributed by atoms with van der Waals surface area (Å²) in [6.07, 6.45) is 1.33. The van der Waals surface area contributed by atoms with Crippen molar-refractivity contribution >= 4 is 33.6 Å². The van der Waals surface area contributed by atoms with Crippen LogP contribution in [0.2, 0.25) is 0 Å². The van der Waals surface area contributed by atoms with Gasteiger partial charge in [-0.1, -0.05) is 36.4 Å². The molecule has 1 saturated heterocycles. The van der Waals surface area contributed by atoms with Gasteiger partial charge in [-0.15, -0.1) is 0 Å². The molecule has 2 amide bonds. The van der Waals surface area contributed by atoms with Crippen molar-refractivity contribution in [1.82, 2.24) is 19.8 Å². The summed E-state index contributed by atoms with van der Waals surface area (Å²) < 4.78 is 7.59. The Labute approximate surface area is 204 Å². The molecule has 1 aromatic heterocycles. The number of nitrogens with zero attached hydrogens (tertiary/aromatic N) is 3. The highest BCUT2D eigenvalue weighted by Gasteiger charge is 2.28. The Kier molecular flexibility index (Phi) is 6.40.